The fourth-order valence-corrected chi connectivity index (χ4v) is 3.40. The van der Waals surface area contributed by atoms with E-state index in [-0.39, 0.29) is 6.61 Å². The van der Waals surface area contributed by atoms with Crippen molar-refractivity contribution in [1.29, 1.82) is 0 Å². The molecular weight excluding hydrogens is 360 g/mol. The zero-order chi connectivity index (χ0) is 20.1. The normalized spacial score (nSPS) is 20.3. The number of hydrogen-bond acceptors (Lipinski definition) is 6. The number of esters is 1. The third kappa shape index (κ3) is 4.31. The van der Waals surface area contributed by atoms with E-state index >= 15 is 0 Å². The Morgan fingerprint density at radius 3 is 2.64 bits per heavy atom. The van der Waals surface area contributed by atoms with Gasteiger partial charge in [-0.3, -0.25) is 19.8 Å². The van der Waals surface area contributed by atoms with E-state index in [9.17, 15) is 9.59 Å². The number of nitrogens with one attached hydrogen (secondary N) is 1. The second-order valence-corrected chi connectivity index (χ2v) is 6.99. The SMILES string of the molecule is CCOC(=O)C1(Cc2ccc(OCc3cccc(C)n3)cc2)CC1C(=O)NO. The summed E-state index contributed by atoms with van der Waals surface area (Å²) in [6, 6.07) is 13.2. The van der Waals surface area contributed by atoms with Crippen molar-refractivity contribution in [3.8, 4) is 5.75 Å². The number of nitrogens with zero attached hydrogens (tertiary/aromatic N) is 1. The second kappa shape index (κ2) is 8.39. The van der Waals surface area contributed by atoms with Crippen LogP contribution in [-0.2, 0) is 27.4 Å². The Kier molecular flexibility index (Phi) is 5.94. The van der Waals surface area contributed by atoms with Gasteiger partial charge in [0.15, 0.2) is 0 Å². The second-order valence-electron chi connectivity index (χ2n) is 6.99. The first-order valence-corrected chi connectivity index (χ1v) is 9.24. The summed E-state index contributed by atoms with van der Waals surface area (Å²) in [5.74, 6) is -0.856. The van der Waals surface area contributed by atoms with Crippen molar-refractivity contribution in [2.45, 2.75) is 33.3 Å². The first kappa shape index (κ1) is 19.8. The molecule has 7 heteroatoms. The van der Waals surface area contributed by atoms with E-state index in [4.69, 9.17) is 14.7 Å². The number of hydrogen-bond donors (Lipinski definition) is 2. The molecule has 0 saturated heterocycles. The van der Waals surface area contributed by atoms with Gasteiger partial charge in [-0.05, 0) is 56.5 Å². The maximum atomic E-state index is 12.4. The predicted octanol–water partition coefficient (Wildman–Crippen LogP) is 2.59. The quantitative estimate of drug-likeness (QED) is 0.412. The van der Waals surface area contributed by atoms with Crippen molar-refractivity contribution in [1.82, 2.24) is 10.5 Å². The van der Waals surface area contributed by atoms with Crippen molar-refractivity contribution < 1.29 is 24.3 Å². The van der Waals surface area contributed by atoms with Gasteiger partial charge < -0.3 is 9.47 Å². The minimum atomic E-state index is -0.920. The van der Waals surface area contributed by atoms with Crippen LogP contribution in [0, 0.1) is 18.3 Å². The molecule has 1 heterocycles. The molecule has 1 amide bonds. The Balaban J connectivity index is 1.65. The van der Waals surface area contributed by atoms with Crippen LogP contribution >= 0.6 is 0 Å². The molecule has 1 fully saturated rings. The molecule has 28 heavy (non-hydrogen) atoms. The fraction of sp³-hybridized carbons (Fsp3) is 0.381. The van der Waals surface area contributed by atoms with Crippen LogP contribution in [0.4, 0.5) is 0 Å². The molecule has 148 valence electrons. The van der Waals surface area contributed by atoms with Crippen LogP contribution in [-0.4, -0.2) is 28.7 Å². The molecule has 1 aromatic heterocycles. The van der Waals surface area contributed by atoms with Crippen LogP contribution in [0.5, 0.6) is 5.75 Å². The number of aromatic nitrogens is 1. The third-order valence-electron chi connectivity index (χ3n) is 4.96. The van der Waals surface area contributed by atoms with Gasteiger partial charge >= 0.3 is 5.97 Å². The maximum absolute atomic E-state index is 12.4. The van der Waals surface area contributed by atoms with Crippen LogP contribution in [0.2, 0.25) is 0 Å². The Labute approximate surface area is 163 Å². The van der Waals surface area contributed by atoms with E-state index in [1.54, 1.807) is 12.4 Å². The summed E-state index contributed by atoms with van der Waals surface area (Å²) in [5.41, 5.74) is 3.39. The highest BCUT2D eigenvalue weighted by atomic mass is 16.5. The molecule has 2 atom stereocenters. The van der Waals surface area contributed by atoms with E-state index in [0.717, 1.165) is 17.0 Å². The molecule has 3 rings (SSSR count). The fourth-order valence-electron chi connectivity index (χ4n) is 3.40. The standard InChI is InChI=1S/C21H24N2O5/c1-3-27-20(25)21(12-18(21)19(24)23-26)11-15-7-9-17(10-8-15)28-13-16-6-4-5-14(2)22-16/h4-10,18,26H,3,11-13H2,1-2H3,(H,23,24). The molecule has 1 aromatic carbocycles. The van der Waals surface area contributed by atoms with E-state index in [0.29, 0.717) is 25.2 Å². The molecule has 1 saturated carbocycles. The Hall–Kier alpha value is -2.93. The van der Waals surface area contributed by atoms with Crippen LogP contribution < -0.4 is 10.2 Å². The number of aryl methyl sites for hydroxylation is 1. The number of benzene rings is 1. The summed E-state index contributed by atoms with van der Waals surface area (Å²) in [7, 11) is 0. The molecule has 0 aliphatic heterocycles. The maximum Gasteiger partial charge on any atom is 0.313 e. The molecule has 0 radical (unpaired) electrons. The molecule has 1 aliphatic carbocycles. The molecule has 2 unspecified atom stereocenters. The van der Waals surface area contributed by atoms with Gasteiger partial charge in [-0.15, -0.1) is 0 Å². The summed E-state index contributed by atoms with van der Waals surface area (Å²) in [6.45, 7) is 4.27. The lowest BCUT2D eigenvalue weighted by Crippen LogP contribution is -2.30. The molecular formula is C21H24N2O5. The van der Waals surface area contributed by atoms with Crippen molar-refractivity contribution in [2.24, 2.45) is 11.3 Å². The average Bonchev–Trinajstić information content (AvgIpc) is 3.42. The first-order valence-electron chi connectivity index (χ1n) is 9.24. The highest BCUT2D eigenvalue weighted by Crippen LogP contribution is 2.55. The zero-order valence-electron chi connectivity index (χ0n) is 16.0. The predicted molar refractivity (Wildman–Crippen MR) is 101 cm³/mol. The van der Waals surface area contributed by atoms with Gasteiger partial charge in [0, 0.05) is 5.69 Å². The van der Waals surface area contributed by atoms with Gasteiger partial charge in [0.2, 0.25) is 5.91 Å². The Morgan fingerprint density at radius 2 is 2.00 bits per heavy atom. The topological polar surface area (TPSA) is 97.8 Å². The van der Waals surface area contributed by atoms with E-state index < -0.39 is 23.2 Å². The third-order valence-corrected chi connectivity index (χ3v) is 4.96. The van der Waals surface area contributed by atoms with Gasteiger partial charge in [0.1, 0.15) is 12.4 Å². The van der Waals surface area contributed by atoms with Crippen molar-refractivity contribution in [3.63, 3.8) is 0 Å². The highest BCUT2D eigenvalue weighted by Gasteiger charge is 2.64. The number of hydroxylamine groups is 1. The van der Waals surface area contributed by atoms with Gasteiger partial charge in [0.05, 0.1) is 23.6 Å². The van der Waals surface area contributed by atoms with E-state index in [1.807, 2.05) is 49.4 Å². The van der Waals surface area contributed by atoms with Crippen molar-refractivity contribution in [3.05, 3.63) is 59.4 Å². The lowest BCUT2D eigenvalue weighted by molar-refractivity contribution is -0.152. The highest BCUT2D eigenvalue weighted by molar-refractivity contribution is 5.93. The van der Waals surface area contributed by atoms with Gasteiger partial charge in [-0.25, -0.2) is 5.48 Å². The largest absolute Gasteiger partial charge is 0.487 e. The number of amides is 1. The van der Waals surface area contributed by atoms with Crippen molar-refractivity contribution in [2.75, 3.05) is 6.61 Å². The Bertz CT molecular complexity index is 852. The minimum absolute atomic E-state index is 0.244. The lowest BCUT2D eigenvalue weighted by atomic mass is 9.93. The zero-order valence-corrected chi connectivity index (χ0v) is 16.0. The number of ether oxygens (including phenoxy) is 2. The summed E-state index contributed by atoms with van der Waals surface area (Å²) in [5, 5.41) is 8.89. The summed E-state index contributed by atoms with van der Waals surface area (Å²) in [4.78, 5) is 28.6. The minimum Gasteiger partial charge on any atom is -0.487 e. The number of pyridine rings is 1. The van der Waals surface area contributed by atoms with Gasteiger partial charge in [0.25, 0.3) is 0 Å². The summed E-state index contributed by atoms with van der Waals surface area (Å²) >= 11 is 0. The van der Waals surface area contributed by atoms with E-state index in [2.05, 4.69) is 4.98 Å². The molecule has 0 bridgehead atoms. The molecule has 1 aliphatic rings. The number of rotatable bonds is 8. The van der Waals surface area contributed by atoms with Gasteiger partial charge in [-0.2, -0.15) is 0 Å². The van der Waals surface area contributed by atoms with Crippen LogP contribution in [0.3, 0.4) is 0 Å². The smallest absolute Gasteiger partial charge is 0.313 e. The lowest BCUT2D eigenvalue weighted by Gasteiger charge is -2.16. The van der Waals surface area contributed by atoms with Crippen molar-refractivity contribution >= 4 is 11.9 Å². The monoisotopic (exact) mass is 384 g/mol. The molecule has 2 N–H and O–H groups in total. The molecule has 7 nitrogen and oxygen atoms in total. The number of carbonyl (C=O) groups is 2. The van der Waals surface area contributed by atoms with Gasteiger partial charge in [-0.1, -0.05) is 18.2 Å². The summed E-state index contributed by atoms with van der Waals surface area (Å²) in [6.07, 6.45) is 0.721. The van der Waals surface area contributed by atoms with E-state index in [1.165, 1.54) is 0 Å². The van der Waals surface area contributed by atoms with Crippen LogP contribution in [0.25, 0.3) is 0 Å². The first-order chi connectivity index (χ1) is 13.5. The number of carbonyl (C=O) groups excluding carboxylic acids is 2. The Morgan fingerprint density at radius 1 is 1.25 bits per heavy atom. The molecule has 0 spiro atoms. The summed E-state index contributed by atoms with van der Waals surface area (Å²) < 4.78 is 10.9. The molecule has 2 aromatic rings. The van der Waals surface area contributed by atoms with Crippen LogP contribution in [0.1, 0.15) is 30.3 Å². The average molecular weight is 384 g/mol. The van der Waals surface area contributed by atoms with Crippen LogP contribution in [0.15, 0.2) is 42.5 Å².